The van der Waals surface area contributed by atoms with Crippen LogP contribution < -0.4 is 5.73 Å². The zero-order valence-corrected chi connectivity index (χ0v) is 10.7. The summed E-state index contributed by atoms with van der Waals surface area (Å²) in [4.78, 5) is 11.9. The monoisotopic (exact) mass is 233 g/mol. The summed E-state index contributed by atoms with van der Waals surface area (Å²) >= 11 is 0. The quantitative estimate of drug-likeness (QED) is 0.553. The molecule has 0 aromatic heterocycles. The van der Waals surface area contributed by atoms with Crippen LogP contribution >= 0.6 is 0 Å². The van der Waals surface area contributed by atoms with Gasteiger partial charge in [0.1, 0.15) is 0 Å². The van der Waals surface area contributed by atoms with Crippen molar-refractivity contribution in [1.82, 2.24) is 0 Å². The number of unbranched alkanes of at least 4 members (excludes halogenated alkanes) is 3. The van der Waals surface area contributed by atoms with Gasteiger partial charge >= 0.3 is 0 Å². The first-order valence-electron chi connectivity index (χ1n) is 6.60. The van der Waals surface area contributed by atoms with E-state index in [1.54, 1.807) is 0 Å². The third-order valence-electron chi connectivity index (χ3n) is 3.02. The largest absolute Gasteiger partial charge is 0.330 e. The van der Waals surface area contributed by atoms with E-state index >= 15 is 0 Å². The number of ketones is 1. The van der Waals surface area contributed by atoms with Gasteiger partial charge in [0.15, 0.2) is 5.78 Å². The highest BCUT2D eigenvalue weighted by atomic mass is 16.1. The molecule has 0 spiro atoms. The molecule has 0 amide bonds. The zero-order valence-electron chi connectivity index (χ0n) is 10.7. The van der Waals surface area contributed by atoms with Crippen molar-refractivity contribution >= 4 is 5.78 Å². The second-order valence-electron chi connectivity index (χ2n) is 4.43. The van der Waals surface area contributed by atoms with Gasteiger partial charge in [-0.3, -0.25) is 4.79 Å². The van der Waals surface area contributed by atoms with Gasteiger partial charge in [-0.25, -0.2) is 0 Å². The van der Waals surface area contributed by atoms with Crippen LogP contribution in [0, 0.1) is 0 Å². The third kappa shape index (κ3) is 5.14. The van der Waals surface area contributed by atoms with Crippen LogP contribution in [-0.4, -0.2) is 12.3 Å². The molecule has 0 aliphatic carbocycles. The third-order valence-corrected chi connectivity index (χ3v) is 3.02. The molecule has 0 aliphatic rings. The van der Waals surface area contributed by atoms with E-state index in [1.807, 2.05) is 18.2 Å². The average Bonchev–Trinajstić information content (AvgIpc) is 2.38. The summed E-state index contributed by atoms with van der Waals surface area (Å²) in [5.41, 5.74) is 7.53. The van der Waals surface area contributed by atoms with Gasteiger partial charge in [0, 0.05) is 12.0 Å². The Morgan fingerprint density at radius 3 is 2.65 bits per heavy atom. The van der Waals surface area contributed by atoms with E-state index in [-0.39, 0.29) is 5.78 Å². The number of aryl methyl sites for hydroxylation is 1. The predicted octanol–water partition coefficient (Wildman–Crippen LogP) is 3.34. The van der Waals surface area contributed by atoms with E-state index in [0.29, 0.717) is 6.42 Å². The molecule has 94 valence electrons. The second kappa shape index (κ2) is 8.02. The lowest BCUT2D eigenvalue weighted by molar-refractivity contribution is 0.0979. The first kappa shape index (κ1) is 13.9. The van der Waals surface area contributed by atoms with E-state index < -0.39 is 0 Å². The standard InChI is InChI=1S/C15H23NO/c1-2-13-8-7-9-14(12-13)15(17)10-5-3-4-6-11-16/h7-9,12H,2-6,10-11,16H2,1H3. The number of nitrogens with two attached hydrogens (primary N) is 1. The molecule has 17 heavy (non-hydrogen) atoms. The molecule has 1 aromatic carbocycles. The maximum absolute atomic E-state index is 11.9. The van der Waals surface area contributed by atoms with Gasteiger partial charge in [-0.05, 0) is 37.4 Å². The van der Waals surface area contributed by atoms with Crippen LogP contribution in [0.2, 0.25) is 0 Å². The highest BCUT2D eigenvalue weighted by Gasteiger charge is 2.05. The summed E-state index contributed by atoms with van der Waals surface area (Å²) in [6, 6.07) is 7.97. The normalized spacial score (nSPS) is 10.5. The maximum Gasteiger partial charge on any atom is 0.162 e. The highest BCUT2D eigenvalue weighted by molar-refractivity contribution is 5.96. The summed E-state index contributed by atoms with van der Waals surface area (Å²) < 4.78 is 0. The van der Waals surface area contributed by atoms with Gasteiger partial charge in [-0.15, -0.1) is 0 Å². The van der Waals surface area contributed by atoms with Crippen molar-refractivity contribution in [2.45, 2.75) is 45.4 Å². The van der Waals surface area contributed by atoms with Crippen LogP contribution in [0.4, 0.5) is 0 Å². The Kier molecular flexibility index (Phi) is 6.56. The molecule has 2 nitrogen and oxygen atoms in total. The molecule has 0 unspecified atom stereocenters. The van der Waals surface area contributed by atoms with Crippen molar-refractivity contribution in [2.24, 2.45) is 5.73 Å². The fourth-order valence-electron chi connectivity index (χ4n) is 1.89. The first-order chi connectivity index (χ1) is 8.27. The molecule has 0 saturated carbocycles. The zero-order chi connectivity index (χ0) is 12.5. The Hall–Kier alpha value is -1.15. The van der Waals surface area contributed by atoms with Gasteiger partial charge in [0.2, 0.25) is 0 Å². The number of rotatable bonds is 8. The Morgan fingerprint density at radius 2 is 1.94 bits per heavy atom. The molecule has 0 fully saturated rings. The van der Waals surface area contributed by atoms with E-state index in [9.17, 15) is 4.79 Å². The van der Waals surface area contributed by atoms with Gasteiger partial charge in [0.25, 0.3) is 0 Å². The molecule has 2 N–H and O–H groups in total. The molecular formula is C15H23NO. The summed E-state index contributed by atoms with van der Waals surface area (Å²) in [7, 11) is 0. The minimum absolute atomic E-state index is 0.271. The summed E-state index contributed by atoms with van der Waals surface area (Å²) in [6.45, 7) is 2.86. The Labute approximate surface area is 104 Å². The number of carbonyl (C=O) groups is 1. The topological polar surface area (TPSA) is 43.1 Å². The number of Topliss-reactive ketones (excluding diaryl/α,β-unsaturated/α-hetero) is 1. The van der Waals surface area contributed by atoms with Crippen LogP contribution in [0.3, 0.4) is 0 Å². The van der Waals surface area contributed by atoms with Crippen molar-refractivity contribution in [1.29, 1.82) is 0 Å². The van der Waals surface area contributed by atoms with Crippen LogP contribution in [0.25, 0.3) is 0 Å². The van der Waals surface area contributed by atoms with E-state index in [0.717, 1.165) is 44.2 Å². The van der Waals surface area contributed by atoms with E-state index in [2.05, 4.69) is 13.0 Å². The smallest absolute Gasteiger partial charge is 0.162 e. The van der Waals surface area contributed by atoms with Gasteiger partial charge in [0.05, 0.1) is 0 Å². The van der Waals surface area contributed by atoms with E-state index in [4.69, 9.17) is 5.73 Å². The lowest BCUT2D eigenvalue weighted by Gasteiger charge is -2.03. The first-order valence-corrected chi connectivity index (χ1v) is 6.60. The molecule has 0 heterocycles. The number of hydrogen-bond acceptors (Lipinski definition) is 2. The van der Waals surface area contributed by atoms with Crippen LogP contribution in [0.5, 0.6) is 0 Å². The number of benzene rings is 1. The summed E-state index contributed by atoms with van der Waals surface area (Å²) in [5, 5.41) is 0. The van der Waals surface area contributed by atoms with Crippen LogP contribution in [0.1, 0.15) is 54.9 Å². The molecular weight excluding hydrogens is 210 g/mol. The van der Waals surface area contributed by atoms with Crippen molar-refractivity contribution in [3.8, 4) is 0 Å². The van der Waals surface area contributed by atoms with Crippen molar-refractivity contribution in [2.75, 3.05) is 6.54 Å². The average molecular weight is 233 g/mol. The Morgan fingerprint density at radius 1 is 1.18 bits per heavy atom. The molecule has 1 aromatic rings. The fourth-order valence-corrected chi connectivity index (χ4v) is 1.89. The summed E-state index contributed by atoms with van der Waals surface area (Å²) in [6.07, 6.45) is 5.94. The number of hydrogen-bond donors (Lipinski definition) is 1. The Bertz CT molecular complexity index is 347. The molecule has 0 saturated heterocycles. The minimum atomic E-state index is 0.271. The second-order valence-corrected chi connectivity index (χ2v) is 4.43. The fraction of sp³-hybridized carbons (Fsp3) is 0.533. The van der Waals surface area contributed by atoms with E-state index in [1.165, 1.54) is 5.56 Å². The van der Waals surface area contributed by atoms with Gasteiger partial charge in [-0.1, -0.05) is 38.0 Å². The molecule has 0 bridgehead atoms. The lowest BCUT2D eigenvalue weighted by atomic mass is 10.0. The Balaban J connectivity index is 2.36. The molecule has 0 aliphatic heterocycles. The minimum Gasteiger partial charge on any atom is -0.330 e. The predicted molar refractivity (Wildman–Crippen MR) is 72.3 cm³/mol. The highest BCUT2D eigenvalue weighted by Crippen LogP contribution is 2.11. The van der Waals surface area contributed by atoms with Crippen molar-refractivity contribution in [3.05, 3.63) is 35.4 Å². The van der Waals surface area contributed by atoms with Crippen molar-refractivity contribution in [3.63, 3.8) is 0 Å². The summed E-state index contributed by atoms with van der Waals surface area (Å²) in [5.74, 6) is 0.271. The van der Waals surface area contributed by atoms with Crippen LogP contribution in [0.15, 0.2) is 24.3 Å². The van der Waals surface area contributed by atoms with Crippen molar-refractivity contribution < 1.29 is 4.79 Å². The van der Waals surface area contributed by atoms with Gasteiger partial charge < -0.3 is 5.73 Å². The molecule has 1 rings (SSSR count). The molecule has 0 radical (unpaired) electrons. The maximum atomic E-state index is 11.9. The lowest BCUT2D eigenvalue weighted by Crippen LogP contribution is -2.01. The molecule has 0 atom stereocenters. The number of carbonyl (C=O) groups excluding carboxylic acids is 1. The molecule has 2 heteroatoms. The van der Waals surface area contributed by atoms with Crippen LogP contribution in [-0.2, 0) is 6.42 Å². The van der Waals surface area contributed by atoms with Gasteiger partial charge in [-0.2, -0.15) is 0 Å². The SMILES string of the molecule is CCc1cccc(C(=O)CCCCCCN)c1.